The van der Waals surface area contributed by atoms with Gasteiger partial charge in [-0.3, -0.25) is 0 Å². The van der Waals surface area contributed by atoms with Crippen LogP contribution in [0.15, 0.2) is 89.5 Å². The molecule has 0 bridgehead atoms. The lowest BCUT2D eigenvalue weighted by atomic mass is 9.81. The fourth-order valence-corrected chi connectivity index (χ4v) is 6.75. The van der Waals surface area contributed by atoms with Crippen LogP contribution in [0.25, 0.3) is 55.4 Å². The number of nitrogens with zero attached hydrogens (tertiary/aromatic N) is 1. The van der Waals surface area contributed by atoms with E-state index in [2.05, 4.69) is 56.3 Å². The Morgan fingerprint density at radius 3 is 2.29 bits per heavy atom. The van der Waals surface area contributed by atoms with Crippen molar-refractivity contribution in [2.45, 2.75) is 53.3 Å². The van der Waals surface area contributed by atoms with Gasteiger partial charge in [-0.1, -0.05) is 83.1 Å². The second-order valence-electron chi connectivity index (χ2n) is 13.3. The molecule has 3 heteroatoms. The normalized spacial score (nSPS) is 15.0. The van der Waals surface area contributed by atoms with Gasteiger partial charge in [-0.05, 0) is 75.9 Å². The number of fused-ring (bicyclic) bond motifs is 6. The van der Waals surface area contributed by atoms with Crippen molar-refractivity contribution >= 4 is 21.9 Å². The van der Waals surface area contributed by atoms with Crippen LogP contribution in [-0.2, 0) is 18.8 Å². The third kappa shape index (κ3) is 4.01. The molecule has 6 aromatic rings. The molecule has 1 aliphatic carbocycles. The zero-order chi connectivity index (χ0) is 31.3. The fourth-order valence-electron chi connectivity index (χ4n) is 6.75. The molecule has 2 nitrogen and oxygen atoms in total. The van der Waals surface area contributed by atoms with Crippen LogP contribution >= 0.6 is 0 Å². The van der Waals surface area contributed by atoms with E-state index < -0.39 is 11.8 Å². The van der Waals surface area contributed by atoms with Crippen LogP contribution in [0, 0.1) is 18.2 Å². The molecule has 0 radical (unpaired) electrons. The van der Waals surface area contributed by atoms with Gasteiger partial charge in [0, 0.05) is 31.1 Å². The number of furan rings is 1. The third-order valence-corrected chi connectivity index (χ3v) is 8.76. The lowest BCUT2D eigenvalue weighted by Gasteiger charge is -2.22. The molecule has 0 atom stereocenters. The van der Waals surface area contributed by atoms with E-state index >= 15 is 4.39 Å². The van der Waals surface area contributed by atoms with Gasteiger partial charge in [0.25, 0.3) is 0 Å². The predicted molar refractivity (Wildman–Crippen MR) is 171 cm³/mol. The number of hydrogen-bond acceptors (Lipinski definition) is 1. The first kappa shape index (κ1) is 24.4. The summed E-state index contributed by atoms with van der Waals surface area (Å²) in [6, 6.07) is 26.0. The molecular weight excluding hydrogens is 517 g/mol. The lowest BCUT2D eigenvalue weighted by Crippen LogP contribution is -2.31. The molecule has 0 unspecified atom stereocenters. The van der Waals surface area contributed by atoms with Gasteiger partial charge in [-0.25, -0.2) is 8.96 Å². The quantitative estimate of drug-likeness (QED) is 0.198. The molecule has 2 heterocycles. The van der Waals surface area contributed by atoms with E-state index in [0.717, 1.165) is 33.2 Å². The predicted octanol–water partition coefficient (Wildman–Crippen LogP) is 10.1. The highest BCUT2D eigenvalue weighted by Crippen LogP contribution is 2.50. The fraction of sp³-hybridized carbons (Fsp3) is 0.256. The Kier molecular flexibility index (Phi) is 5.30. The maximum atomic E-state index is 15.9. The molecule has 0 saturated carbocycles. The minimum Gasteiger partial charge on any atom is -0.454 e. The van der Waals surface area contributed by atoms with Crippen molar-refractivity contribution in [3.63, 3.8) is 0 Å². The molecule has 0 fully saturated rings. The van der Waals surface area contributed by atoms with E-state index in [1.165, 1.54) is 28.3 Å². The highest BCUT2D eigenvalue weighted by atomic mass is 19.1. The molecule has 42 heavy (non-hydrogen) atoms. The summed E-state index contributed by atoms with van der Waals surface area (Å²) in [6.07, 6.45) is 0.355. The van der Waals surface area contributed by atoms with E-state index in [1.54, 1.807) is 6.07 Å². The maximum Gasteiger partial charge on any atom is 0.216 e. The van der Waals surface area contributed by atoms with Crippen molar-refractivity contribution in [2.24, 2.45) is 12.5 Å². The van der Waals surface area contributed by atoms with Gasteiger partial charge < -0.3 is 4.42 Å². The van der Waals surface area contributed by atoms with E-state index in [1.807, 2.05) is 69.8 Å². The molecule has 0 saturated heterocycles. The number of hydrogen-bond donors (Lipinski definition) is 0. The Balaban J connectivity index is 1.47. The summed E-state index contributed by atoms with van der Waals surface area (Å²) in [7, 11) is 1.96. The van der Waals surface area contributed by atoms with Gasteiger partial charge in [0.05, 0.1) is 11.1 Å². The Hall–Kier alpha value is -4.24. The van der Waals surface area contributed by atoms with Gasteiger partial charge in [-0.15, -0.1) is 0 Å². The van der Waals surface area contributed by atoms with Crippen molar-refractivity contribution in [1.29, 1.82) is 0 Å². The van der Waals surface area contributed by atoms with Gasteiger partial charge in [0.15, 0.2) is 6.20 Å². The molecular formula is C39H37FNO+. The van der Waals surface area contributed by atoms with Crippen LogP contribution in [0.5, 0.6) is 0 Å². The molecule has 2 aromatic heterocycles. The van der Waals surface area contributed by atoms with Gasteiger partial charge in [-0.2, -0.15) is 0 Å². The highest BCUT2D eigenvalue weighted by molar-refractivity contribution is 6.13. The second kappa shape index (κ2) is 9.13. The first-order chi connectivity index (χ1) is 20.7. The van der Waals surface area contributed by atoms with Gasteiger partial charge in [0.1, 0.15) is 24.0 Å². The van der Waals surface area contributed by atoms with Crippen molar-refractivity contribution in [2.75, 3.05) is 0 Å². The standard InChI is InChI=1S/C39H37FNO/c1-23-12-14-28-29-16-17-32(40)35(25-13-15-27-26-10-8-9-11-30(26)39(5,6)31(27)21-25)37(29)42-36(28)34(23)33-20-24(18-19-41(33)7)22-38(2,3)4/h8-21H,22H2,1-7H3/q+1/i22D2. The van der Waals surface area contributed by atoms with Gasteiger partial charge in [0.2, 0.25) is 5.69 Å². The summed E-state index contributed by atoms with van der Waals surface area (Å²) in [6.45, 7) is 12.2. The van der Waals surface area contributed by atoms with Crippen molar-refractivity contribution in [3.05, 3.63) is 113 Å². The van der Waals surface area contributed by atoms with Crippen LogP contribution in [0.2, 0.25) is 0 Å². The van der Waals surface area contributed by atoms with E-state index in [9.17, 15) is 0 Å². The molecule has 4 aromatic carbocycles. The largest absolute Gasteiger partial charge is 0.454 e. The Bertz CT molecular complexity index is 2150. The van der Waals surface area contributed by atoms with E-state index in [-0.39, 0.29) is 11.2 Å². The molecule has 0 N–H and O–H groups in total. The highest BCUT2D eigenvalue weighted by Gasteiger charge is 2.35. The molecule has 0 amide bonds. The summed E-state index contributed by atoms with van der Waals surface area (Å²) in [5.41, 5.74) is 9.84. The molecule has 0 aliphatic heterocycles. The second-order valence-corrected chi connectivity index (χ2v) is 13.3. The van der Waals surface area contributed by atoms with Crippen LogP contribution in [-0.4, -0.2) is 0 Å². The first-order valence-corrected chi connectivity index (χ1v) is 14.6. The molecule has 210 valence electrons. The molecule has 0 spiro atoms. The minimum atomic E-state index is -1.55. The van der Waals surface area contributed by atoms with Crippen molar-refractivity contribution < 1.29 is 16.1 Å². The van der Waals surface area contributed by atoms with Crippen LogP contribution in [0.3, 0.4) is 0 Å². The zero-order valence-corrected chi connectivity index (χ0v) is 25.3. The summed E-state index contributed by atoms with van der Waals surface area (Å²) in [5, 5.41) is 1.75. The number of pyridine rings is 1. The maximum absolute atomic E-state index is 15.9. The Morgan fingerprint density at radius 2 is 1.52 bits per heavy atom. The number of rotatable bonds is 3. The average Bonchev–Trinajstić information content (AvgIpc) is 3.45. The number of aryl methyl sites for hydroxylation is 2. The first-order valence-electron chi connectivity index (χ1n) is 15.6. The SMILES string of the molecule is [2H]C([2H])(c1cc[n+](C)c(-c2c(C)ccc3c2oc2c(-c4ccc5c(c4)C(C)(C)c4ccccc4-5)c(F)ccc23)c1)C(C)(C)C. The summed E-state index contributed by atoms with van der Waals surface area (Å²) < 4.78 is 42.4. The number of benzene rings is 4. The average molecular weight is 557 g/mol. The van der Waals surface area contributed by atoms with Crippen LogP contribution in [0.1, 0.15) is 59.6 Å². The monoisotopic (exact) mass is 556 g/mol. The van der Waals surface area contributed by atoms with E-state index in [4.69, 9.17) is 7.16 Å². The third-order valence-electron chi connectivity index (χ3n) is 8.76. The van der Waals surface area contributed by atoms with Crippen molar-refractivity contribution in [1.82, 2.24) is 0 Å². The summed E-state index contributed by atoms with van der Waals surface area (Å²) in [4.78, 5) is 0. The Morgan fingerprint density at radius 1 is 0.833 bits per heavy atom. The smallest absolute Gasteiger partial charge is 0.216 e. The molecule has 7 rings (SSSR count). The minimum absolute atomic E-state index is 0.206. The van der Waals surface area contributed by atoms with Crippen LogP contribution in [0.4, 0.5) is 4.39 Å². The molecule has 1 aliphatic rings. The Labute approximate surface area is 250 Å². The van der Waals surface area contributed by atoms with Crippen molar-refractivity contribution in [3.8, 4) is 33.5 Å². The summed E-state index contributed by atoms with van der Waals surface area (Å²) >= 11 is 0. The number of halogens is 1. The van der Waals surface area contributed by atoms with Gasteiger partial charge >= 0.3 is 0 Å². The van der Waals surface area contributed by atoms with E-state index in [0.29, 0.717) is 22.3 Å². The lowest BCUT2D eigenvalue weighted by molar-refractivity contribution is -0.660. The van der Waals surface area contributed by atoms with Crippen LogP contribution < -0.4 is 4.57 Å². The zero-order valence-electron chi connectivity index (χ0n) is 27.3. The topological polar surface area (TPSA) is 17.0 Å². The summed E-state index contributed by atoms with van der Waals surface area (Å²) in [5.74, 6) is -0.325. The number of aromatic nitrogens is 1.